The molecule has 1 N–H and O–H groups in total. The number of benzene rings is 1. The second kappa shape index (κ2) is 6.05. The van der Waals surface area contributed by atoms with Crippen molar-refractivity contribution in [1.82, 2.24) is 14.5 Å². The number of carbonyl (C=O) groups is 1. The van der Waals surface area contributed by atoms with Gasteiger partial charge in [0.25, 0.3) is 0 Å². The Morgan fingerprint density at radius 3 is 2.41 bits per heavy atom. The molecule has 1 aliphatic heterocycles. The standard InChI is InChI=1S/C17H19N3O2/c1-19-11-15(18-12-19)16(13-5-3-2-4-6-13)14-7-9-20(10-8-14)17(21)22/h2-6,11-12H,7-10H2,1H3,(H,21,22). The summed E-state index contributed by atoms with van der Waals surface area (Å²) in [7, 11) is 1.96. The normalized spacial score (nSPS) is 15.0. The average Bonchev–Trinajstić information content (AvgIpc) is 2.95. The summed E-state index contributed by atoms with van der Waals surface area (Å²) < 4.78 is 1.94. The van der Waals surface area contributed by atoms with Crippen molar-refractivity contribution in [2.75, 3.05) is 13.1 Å². The number of imidazole rings is 1. The first-order valence-corrected chi connectivity index (χ1v) is 7.39. The van der Waals surface area contributed by atoms with Gasteiger partial charge in [-0.15, -0.1) is 0 Å². The Bertz CT molecular complexity index is 694. The Labute approximate surface area is 129 Å². The van der Waals surface area contributed by atoms with Gasteiger partial charge in [0.1, 0.15) is 0 Å². The van der Waals surface area contributed by atoms with E-state index in [2.05, 4.69) is 17.1 Å². The summed E-state index contributed by atoms with van der Waals surface area (Å²) in [6.07, 6.45) is 4.49. The highest BCUT2D eigenvalue weighted by molar-refractivity contribution is 5.80. The van der Waals surface area contributed by atoms with E-state index in [1.165, 1.54) is 10.5 Å². The van der Waals surface area contributed by atoms with Crippen LogP contribution in [-0.2, 0) is 7.05 Å². The molecule has 1 saturated heterocycles. The van der Waals surface area contributed by atoms with Crippen LogP contribution in [0.5, 0.6) is 0 Å². The molecule has 0 radical (unpaired) electrons. The minimum absolute atomic E-state index is 0.549. The molecule has 2 aromatic rings. The third-order valence-corrected chi connectivity index (χ3v) is 4.01. The van der Waals surface area contributed by atoms with E-state index in [0.717, 1.165) is 29.7 Å². The molecule has 1 fully saturated rings. The van der Waals surface area contributed by atoms with Crippen molar-refractivity contribution in [2.45, 2.75) is 12.8 Å². The molecule has 1 aliphatic rings. The molecule has 1 aromatic heterocycles. The number of likely N-dealkylation sites (tertiary alicyclic amines) is 1. The first-order valence-electron chi connectivity index (χ1n) is 7.39. The second-order valence-corrected chi connectivity index (χ2v) is 5.54. The molecular formula is C17H19N3O2. The second-order valence-electron chi connectivity index (χ2n) is 5.54. The van der Waals surface area contributed by atoms with Crippen LogP contribution in [0.15, 0.2) is 48.4 Å². The summed E-state index contributed by atoms with van der Waals surface area (Å²) in [5.74, 6) is 0. The first-order chi connectivity index (χ1) is 10.6. The zero-order valence-corrected chi connectivity index (χ0v) is 12.6. The Morgan fingerprint density at radius 1 is 1.18 bits per heavy atom. The Kier molecular flexibility index (Phi) is 3.96. The summed E-state index contributed by atoms with van der Waals surface area (Å²) in [5.41, 5.74) is 4.51. The summed E-state index contributed by atoms with van der Waals surface area (Å²) >= 11 is 0. The molecule has 0 saturated carbocycles. The van der Waals surface area contributed by atoms with Crippen LogP contribution in [0.2, 0.25) is 0 Å². The molecule has 3 rings (SSSR count). The lowest BCUT2D eigenvalue weighted by atomic mass is 9.91. The minimum Gasteiger partial charge on any atom is -0.465 e. The molecule has 1 aromatic carbocycles. The van der Waals surface area contributed by atoms with E-state index in [4.69, 9.17) is 5.11 Å². The lowest BCUT2D eigenvalue weighted by molar-refractivity contribution is 0.142. The van der Waals surface area contributed by atoms with Crippen molar-refractivity contribution in [3.63, 3.8) is 0 Å². The molecule has 1 amide bonds. The van der Waals surface area contributed by atoms with Gasteiger partial charge in [-0.1, -0.05) is 35.9 Å². The summed E-state index contributed by atoms with van der Waals surface area (Å²) in [6, 6.07) is 10.2. The fourth-order valence-corrected chi connectivity index (χ4v) is 2.90. The van der Waals surface area contributed by atoms with E-state index in [9.17, 15) is 4.79 Å². The van der Waals surface area contributed by atoms with E-state index >= 15 is 0 Å². The molecule has 0 atom stereocenters. The number of carboxylic acid groups (broad SMARTS) is 1. The van der Waals surface area contributed by atoms with Crippen molar-refractivity contribution in [2.24, 2.45) is 7.05 Å². The van der Waals surface area contributed by atoms with E-state index < -0.39 is 6.09 Å². The SMILES string of the molecule is Cn1cnc(C(=C2CCN(C(=O)O)CC2)c2ccccc2)c1. The van der Waals surface area contributed by atoms with Crippen LogP contribution in [0.3, 0.4) is 0 Å². The highest BCUT2D eigenvalue weighted by Gasteiger charge is 2.22. The van der Waals surface area contributed by atoms with Gasteiger partial charge in [0.05, 0.1) is 12.0 Å². The van der Waals surface area contributed by atoms with Crippen molar-refractivity contribution in [1.29, 1.82) is 0 Å². The van der Waals surface area contributed by atoms with Crippen LogP contribution >= 0.6 is 0 Å². The monoisotopic (exact) mass is 297 g/mol. The summed E-state index contributed by atoms with van der Waals surface area (Å²) in [5, 5.41) is 9.09. The number of piperidine rings is 1. The smallest absolute Gasteiger partial charge is 0.407 e. The number of nitrogens with zero attached hydrogens (tertiary/aromatic N) is 3. The van der Waals surface area contributed by atoms with Crippen molar-refractivity contribution >= 4 is 11.7 Å². The predicted octanol–water partition coefficient (Wildman–Crippen LogP) is 3.00. The van der Waals surface area contributed by atoms with Gasteiger partial charge in [-0.2, -0.15) is 0 Å². The number of aromatic nitrogens is 2. The zero-order valence-electron chi connectivity index (χ0n) is 12.6. The molecule has 22 heavy (non-hydrogen) atoms. The van der Waals surface area contributed by atoms with Crippen LogP contribution in [0.1, 0.15) is 24.1 Å². The minimum atomic E-state index is -0.835. The molecule has 0 bridgehead atoms. The van der Waals surface area contributed by atoms with Gasteiger partial charge in [0.15, 0.2) is 0 Å². The van der Waals surface area contributed by atoms with Crippen LogP contribution in [0, 0.1) is 0 Å². The summed E-state index contributed by atoms with van der Waals surface area (Å²) in [4.78, 5) is 17.0. The van der Waals surface area contributed by atoms with Gasteiger partial charge in [0.2, 0.25) is 0 Å². The Morgan fingerprint density at radius 2 is 1.86 bits per heavy atom. The largest absolute Gasteiger partial charge is 0.465 e. The number of rotatable bonds is 2. The molecule has 0 aliphatic carbocycles. The van der Waals surface area contributed by atoms with E-state index in [-0.39, 0.29) is 0 Å². The van der Waals surface area contributed by atoms with Crippen LogP contribution in [0.4, 0.5) is 4.79 Å². The topological polar surface area (TPSA) is 58.4 Å². The third-order valence-electron chi connectivity index (χ3n) is 4.01. The van der Waals surface area contributed by atoms with Crippen molar-refractivity contribution in [3.8, 4) is 0 Å². The van der Waals surface area contributed by atoms with Gasteiger partial charge < -0.3 is 14.6 Å². The molecule has 5 nitrogen and oxygen atoms in total. The molecule has 2 heterocycles. The van der Waals surface area contributed by atoms with Gasteiger partial charge in [0, 0.05) is 31.9 Å². The zero-order chi connectivity index (χ0) is 15.5. The predicted molar refractivity (Wildman–Crippen MR) is 84.5 cm³/mol. The maximum atomic E-state index is 11.1. The van der Waals surface area contributed by atoms with E-state index in [1.54, 1.807) is 6.33 Å². The van der Waals surface area contributed by atoms with Crippen LogP contribution in [-0.4, -0.2) is 38.7 Å². The number of hydrogen-bond donors (Lipinski definition) is 1. The van der Waals surface area contributed by atoms with Gasteiger partial charge in [-0.25, -0.2) is 9.78 Å². The fourth-order valence-electron chi connectivity index (χ4n) is 2.90. The molecule has 0 unspecified atom stereocenters. The van der Waals surface area contributed by atoms with Gasteiger partial charge >= 0.3 is 6.09 Å². The quantitative estimate of drug-likeness (QED) is 0.927. The van der Waals surface area contributed by atoms with Crippen molar-refractivity contribution < 1.29 is 9.90 Å². The Hall–Kier alpha value is -2.56. The maximum Gasteiger partial charge on any atom is 0.407 e. The molecule has 0 spiro atoms. The van der Waals surface area contributed by atoms with Crippen LogP contribution in [0.25, 0.3) is 5.57 Å². The van der Waals surface area contributed by atoms with E-state index in [1.807, 2.05) is 36.0 Å². The van der Waals surface area contributed by atoms with Crippen LogP contribution < -0.4 is 0 Å². The van der Waals surface area contributed by atoms with Crippen molar-refractivity contribution in [3.05, 3.63) is 59.7 Å². The first kappa shape index (κ1) is 14.4. The fraction of sp³-hybridized carbons (Fsp3) is 0.294. The lowest BCUT2D eigenvalue weighted by Crippen LogP contribution is -2.35. The molecule has 114 valence electrons. The van der Waals surface area contributed by atoms with E-state index in [0.29, 0.717) is 13.1 Å². The number of aryl methyl sites for hydroxylation is 1. The summed E-state index contributed by atoms with van der Waals surface area (Å²) in [6.45, 7) is 1.10. The van der Waals surface area contributed by atoms with Gasteiger partial charge in [-0.05, 0) is 18.4 Å². The highest BCUT2D eigenvalue weighted by atomic mass is 16.4. The number of hydrogen-bond acceptors (Lipinski definition) is 2. The molecule has 5 heteroatoms. The van der Waals surface area contributed by atoms with Gasteiger partial charge in [-0.3, -0.25) is 0 Å². The average molecular weight is 297 g/mol. The molecular weight excluding hydrogens is 278 g/mol. The lowest BCUT2D eigenvalue weighted by Gasteiger charge is -2.27. The Balaban J connectivity index is 1.99. The number of amides is 1. The maximum absolute atomic E-state index is 11.1. The third kappa shape index (κ3) is 2.88. The highest BCUT2D eigenvalue weighted by Crippen LogP contribution is 2.31.